The lowest BCUT2D eigenvalue weighted by Crippen LogP contribution is -2.34. The molecule has 0 saturated heterocycles. The highest BCUT2D eigenvalue weighted by Gasteiger charge is 2.17. The highest BCUT2D eigenvalue weighted by molar-refractivity contribution is 7.89. The van der Waals surface area contributed by atoms with E-state index in [0.717, 1.165) is 0 Å². The van der Waals surface area contributed by atoms with E-state index in [-0.39, 0.29) is 16.7 Å². The number of pyridine rings is 1. The number of hydrogen-bond donors (Lipinski definition) is 2. The number of halogens is 1. The molecule has 15 heavy (non-hydrogen) atoms. The molecule has 0 amide bonds. The van der Waals surface area contributed by atoms with Gasteiger partial charge >= 0.3 is 0 Å². The molecule has 0 fully saturated rings. The van der Waals surface area contributed by atoms with Gasteiger partial charge in [-0.05, 0) is 19.1 Å². The van der Waals surface area contributed by atoms with Gasteiger partial charge in [-0.3, -0.25) is 0 Å². The van der Waals surface area contributed by atoms with Crippen molar-refractivity contribution in [3.8, 4) is 0 Å². The Labute approximate surface area is 93.2 Å². The lowest BCUT2D eigenvalue weighted by atomic mass is 10.4. The molecular weight excluding hydrogens is 240 g/mol. The van der Waals surface area contributed by atoms with Gasteiger partial charge in [0.25, 0.3) is 0 Å². The van der Waals surface area contributed by atoms with Crippen molar-refractivity contribution in [1.29, 1.82) is 0 Å². The van der Waals surface area contributed by atoms with Gasteiger partial charge < -0.3 is 5.11 Å². The molecule has 0 aromatic carbocycles. The van der Waals surface area contributed by atoms with Gasteiger partial charge in [-0.15, -0.1) is 0 Å². The first-order valence-electron chi connectivity index (χ1n) is 4.20. The van der Waals surface area contributed by atoms with Gasteiger partial charge in [-0.25, -0.2) is 18.1 Å². The molecule has 1 aromatic heterocycles. The molecule has 1 heterocycles. The second kappa shape index (κ2) is 4.89. The Hall–Kier alpha value is -0.690. The Balaban J connectivity index is 2.96. The predicted molar refractivity (Wildman–Crippen MR) is 56.1 cm³/mol. The summed E-state index contributed by atoms with van der Waals surface area (Å²) >= 11 is 5.57. The zero-order chi connectivity index (χ0) is 11.5. The van der Waals surface area contributed by atoms with Crippen LogP contribution >= 0.6 is 11.6 Å². The van der Waals surface area contributed by atoms with Crippen LogP contribution in [0.15, 0.2) is 23.2 Å². The minimum absolute atomic E-state index is 0.0304. The smallest absolute Gasteiger partial charge is 0.241 e. The Bertz CT molecular complexity index is 435. The molecule has 1 rings (SSSR count). The number of sulfonamides is 1. The second-order valence-corrected chi connectivity index (χ2v) is 5.12. The maximum Gasteiger partial charge on any atom is 0.241 e. The molecular formula is C8H11ClN2O3S. The van der Waals surface area contributed by atoms with Crippen LogP contribution in [0.3, 0.4) is 0 Å². The molecule has 0 aliphatic heterocycles. The molecule has 0 aliphatic carbocycles. The molecule has 1 atom stereocenters. The summed E-state index contributed by atoms with van der Waals surface area (Å²) in [4.78, 5) is 3.71. The second-order valence-electron chi connectivity index (χ2n) is 3.02. The van der Waals surface area contributed by atoms with E-state index in [4.69, 9.17) is 16.7 Å². The van der Waals surface area contributed by atoms with Crippen molar-refractivity contribution >= 4 is 21.6 Å². The fraction of sp³-hybridized carbons (Fsp3) is 0.375. The molecule has 2 N–H and O–H groups in total. The summed E-state index contributed by atoms with van der Waals surface area (Å²) in [6.45, 7) is 1.29. The molecule has 0 aliphatic rings. The first-order valence-corrected chi connectivity index (χ1v) is 6.06. The summed E-state index contributed by atoms with van der Waals surface area (Å²) in [6, 6.07) is 2.04. The first-order chi connectivity index (χ1) is 6.95. The van der Waals surface area contributed by atoms with Crippen LogP contribution in [0.5, 0.6) is 0 Å². The fourth-order valence-corrected chi connectivity index (χ4v) is 2.41. The van der Waals surface area contributed by atoms with E-state index in [9.17, 15) is 8.42 Å². The lowest BCUT2D eigenvalue weighted by Gasteiger charge is -2.11. The number of nitrogens with one attached hydrogen (secondary N) is 1. The molecule has 0 radical (unpaired) electrons. The van der Waals surface area contributed by atoms with Crippen molar-refractivity contribution in [3.05, 3.63) is 23.5 Å². The highest BCUT2D eigenvalue weighted by atomic mass is 35.5. The summed E-state index contributed by atoms with van der Waals surface area (Å²) in [5.41, 5.74) is 0. The van der Waals surface area contributed by atoms with Gasteiger partial charge in [0.2, 0.25) is 10.0 Å². The number of nitrogens with zero attached hydrogens (tertiary/aromatic N) is 1. The zero-order valence-electron chi connectivity index (χ0n) is 8.01. The van der Waals surface area contributed by atoms with Gasteiger partial charge in [0.05, 0.1) is 11.5 Å². The Morgan fingerprint density at radius 2 is 2.33 bits per heavy atom. The van der Waals surface area contributed by atoms with Crippen molar-refractivity contribution in [2.75, 3.05) is 6.61 Å². The average Bonchev–Trinajstić information content (AvgIpc) is 2.17. The predicted octanol–water partition coefficient (Wildman–Crippen LogP) is 0.394. The minimum Gasteiger partial charge on any atom is -0.395 e. The standard InChI is InChI=1S/C8H11ClN2O3S/c1-6(5-12)11-15(13,14)7-2-3-10-8(9)4-7/h2-4,6,11-12H,5H2,1H3/t6-/m0/s1. The average molecular weight is 251 g/mol. The molecule has 0 saturated carbocycles. The zero-order valence-corrected chi connectivity index (χ0v) is 9.59. The van der Waals surface area contributed by atoms with Crippen LogP contribution in [0.25, 0.3) is 0 Å². The molecule has 84 valence electrons. The number of hydrogen-bond acceptors (Lipinski definition) is 4. The Morgan fingerprint density at radius 3 is 2.87 bits per heavy atom. The van der Waals surface area contributed by atoms with E-state index in [1.165, 1.54) is 18.3 Å². The van der Waals surface area contributed by atoms with E-state index in [1.807, 2.05) is 0 Å². The summed E-state index contributed by atoms with van der Waals surface area (Å²) in [5.74, 6) is 0. The van der Waals surface area contributed by atoms with E-state index >= 15 is 0 Å². The summed E-state index contributed by atoms with van der Waals surface area (Å²) < 4.78 is 25.6. The molecule has 0 unspecified atom stereocenters. The largest absolute Gasteiger partial charge is 0.395 e. The van der Waals surface area contributed by atoms with Crippen LogP contribution < -0.4 is 4.72 Å². The lowest BCUT2D eigenvalue weighted by molar-refractivity contribution is 0.265. The third kappa shape index (κ3) is 3.42. The van der Waals surface area contributed by atoms with Crippen LogP contribution in [0.2, 0.25) is 5.15 Å². The maximum atomic E-state index is 11.6. The van der Waals surface area contributed by atoms with Gasteiger partial charge in [-0.1, -0.05) is 11.6 Å². The van der Waals surface area contributed by atoms with E-state index < -0.39 is 16.1 Å². The molecule has 0 spiro atoms. The highest BCUT2D eigenvalue weighted by Crippen LogP contribution is 2.12. The van der Waals surface area contributed by atoms with Crippen LogP contribution in [0, 0.1) is 0 Å². The molecule has 7 heteroatoms. The number of rotatable bonds is 4. The van der Waals surface area contributed by atoms with E-state index in [0.29, 0.717) is 0 Å². The van der Waals surface area contributed by atoms with E-state index in [1.54, 1.807) is 6.92 Å². The number of aliphatic hydroxyl groups excluding tert-OH is 1. The van der Waals surface area contributed by atoms with Crippen LogP contribution in [0.1, 0.15) is 6.92 Å². The quantitative estimate of drug-likeness (QED) is 0.758. The number of aromatic nitrogens is 1. The van der Waals surface area contributed by atoms with Crippen LogP contribution in [0.4, 0.5) is 0 Å². The van der Waals surface area contributed by atoms with Crippen LogP contribution in [-0.4, -0.2) is 31.2 Å². The fourth-order valence-electron chi connectivity index (χ4n) is 0.922. The van der Waals surface area contributed by atoms with Crippen molar-refractivity contribution in [2.24, 2.45) is 0 Å². The SMILES string of the molecule is C[C@@H](CO)NS(=O)(=O)c1ccnc(Cl)c1. The van der Waals surface area contributed by atoms with Gasteiger partial charge in [0, 0.05) is 12.2 Å². The third-order valence-corrected chi connectivity index (χ3v) is 3.43. The summed E-state index contributed by atoms with van der Waals surface area (Å²) in [5, 5.41) is 8.84. The Kier molecular flexibility index (Phi) is 4.04. The molecule has 5 nitrogen and oxygen atoms in total. The number of aliphatic hydroxyl groups is 1. The van der Waals surface area contributed by atoms with E-state index in [2.05, 4.69) is 9.71 Å². The molecule has 1 aromatic rings. The Morgan fingerprint density at radius 1 is 1.67 bits per heavy atom. The van der Waals surface area contributed by atoms with Gasteiger partial charge in [0.1, 0.15) is 5.15 Å². The topological polar surface area (TPSA) is 79.3 Å². The normalized spacial score (nSPS) is 13.8. The van der Waals surface area contributed by atoms with Gasteiger partial charge in [0.15, 0.2) is 0 Å². The minimum atomic E-state index is -3.63. The van der Waals surface area contributed by atoms with Crippen molar-refractivity contribution < 1.29 is 13.5 Å². The summed E-state index contributed by atoms with van der Waals surface area (Å²) in [7, 11) is -3.63. The molecule has 0 bridgehead atoms. The van der Waals surface area contributed by atoms with Crippen molar-refractivity contribution in [2.45, 2.75) is 17.9 Å². The van der Waals surface area contributed by atoms with Crippen molar-refractivity contribution in [1.82, 2.24) is 9.71 Å². The maximum absolute atomic E-state index is 11.6. The third-order valence-electron chi connectivity index (χ3n) is 1.64. The summed E-state index contributed by atoms with van der Waals surface area (Å²) in [6.07, 6.45) is 1.31. The first kappa shape index (κ1) is 12.4. The van der Waals surface area contributed by atoms with Crippen LogP contribution in [-0.2, 0) is 10.0 Å². The monoisotopic (exact) mass is 250 g/mol. The van der Waals surface area contributed by atoms with Gasteiger partial charge in [-0.2, -0.15) is 0 Å². The van der Waals surface area contributed by atoms with Crippen molar-refractivity contribution in [3.63, 3.8) is 0 Å².